The van der Waals surface area contributed by atoms with Crippen molar-refractivity contribution in [2.24, 2.45) is 0 Å². The van der Waals surface area contributed by atoms with Crippen LogP contribution in [0.15, 0.2) is 66.7 Å². The van der Waals surface area contributed by atoms with Gasteiger partial charge in [0.25, 0.3) is 17.5 Å². The van der Waals surface area contributed by atoms with Crippen LogP contribution in [0.25, 0.3) is 32.3 Å². The summed E-state index contributed by atoms with van der Waals surface area (Å²) in [5.41, 5.74) is -0.840. The third-order valence-electron chi connectivity index (χ3n) is 6.00. The van der Waals surface area contributed by atoms with Crippen molar-refractivity contribution >= 4 is 55.5 Å². The second-order valence-electron chi connectivity index (χ2n) is 7.82. The lowest BCUT2D eigenvalue weighted by molar-refractivity contribution is -0.395. The van der Waals surface area contributed by atoms with Crippen molar-refractivity contribution in [2.45, 2.75) is 0 Å². The molecule has 1 heterocycles. The minimum Gasteiger partial charge on any atom is -0.361 e. The monoisotopic (exact) mass is 453 g/mol. The highest BCUT2D eigenvalue weighted by atomic mass is 16.7. The molecule has 0 fully saturated rings. The molecular weight excluding hydrogens is 442 g/mol. The van der Waals surface area contributed by atoms with E-state index in [2.05, 4.69) is 0 Å². The van der Waals surface area contributed by atoms with Crippen LogP contribution >= 0.6 is 0 Å². The lowest BCUT2D eigenvalue weighted by atomic mass is 9.87. The van der Waals surface area contributed by atoms with E-state index in [1.54, 1.807) is 18.2 Å². The Balaban J connectivity index is 1.54. The third-order valence-corrected chi connectivity index (χ3v) is 6.00. The molecule has 5 aromatic carbocycles. The Bertz CT molecular complexity index is 1740. The number of nitro benzene ring substituents is 2. The molecule has 1 aliphatic heterocycles. The number of hydroxylamine groups is 2. The Kier molecular flexibility index (Phi) is 3.85. The Morgan fingerprint density at radius 1 is 0.676 bits per heavy atom. The number of benzene rings is 5. The lowest BCUT2D eigenvalue weighted by Gasteiger charge is -2.27. The van der Waals surface area contributed by atoms with Crippen LogP contribution in [-0.4, -0.2) is 26.7 Å². The van der Waals surface area contributed by atoms with Crippen molar-refractivity contribution in [2.75, 3.05) is 0 Å². The number of nitrogens with zero attached hydrogens (tertiary/aromatic N) is 3. The molecule has 0 bridgehead atoms. The van der Waals surface area contributed by atoms with Gasteiger partial charge in [-0.05, 0) is 45.1 Å². The average Bonchev–Trinajstić information content (AvgIpc) is 2.83. The number of carbonyl (C=O) groups excluding carboxylic acids is 2. The first-order chi connectivity index (χ1) is 16.3. The summed E-state index contributed by atoms with van der Waals surface area (Å²) in [6.07, 6.45) is 0. The maximum atomic E-state index is 13.4. The normalized spacial score (nSPS) is 13.2. The smallest absolute Gasteiger partial charge is 0.321 e. The highest BCUT2D eigenvalue weighted by molar-refractivity contribution is 6.34. The number of hydrogen-bond acceptors (Lipinski definition) is 7. The van der Waals surface area contributed by atoms with Gasteiger partial charge in [-0.3, -0.25) is 29.8 Å². The number of imide groups is 1. The summed E-state index contributed by atoms with van der Waals surface area (Å²) in [4.78, 5) is 53.0. The first-order valence-corrected chi connectivity index (χ1v) is 10.1. The minimum atomic E-state index is -0.879. The fraction of sp³-hybridized carbons (Fsp3) is 0. The standard InChI is InChI=1S/C24H11N3O7/c28-23-16-8-6-13-5-4-12-2-1-3-14-10-17(22(16)21(13)20(12)14)24(29)25(23)34-19-9-7-15(26(30)31)11-18(19)27(32)33/h1-11H. The first kappa shape index (κ1) is 19.6. The van der Waals surface area contributed by atoms with Gasteiger partial charge >= 0.3 is 5.69 Å². The molecule has 0 atom stereocenters. The molecule has 34 heavy (non-hydrogen) atoms. The molecule has 2 amide bonds. The van der Waals surface area contributed by atoms with Crippen LogP contribution in [0.5, 0.6) is 5.75 Å². The zero-order valence-electron chi connectivity index (χ0n) is 17.1. The highest BCUT2D eigenvalue weighted by Crippen LogP contribution is 2.41. The Morgan fingerprint density at radius 3 is 2.09 bits per heavy atom. The van der Waals surface area contributed by atoms with Gasteiger partial charge in [0.1, 0.15) is 0 Å². The van der Waals surface area contributed by atoms with E-state index >= 15 is 0 Å². The number of nitro groups is 2. The Hall–Kier alpha value is -5.12. The third kappa shape index (κ3) is 2.56. The maximum absolute atomic E-state index is 13.4. The van der Waals surface area contributed by atoms with Crippen molar-refractivity contribution in [3.8, 4) is 5.75 Å². The molecule has 6 rings (SSSR count). The fourth-order valence-electron chi connectivity index (χ4n) is 4.53. The minimum absolute atomic E-state index is 0.213. The molecule has 164 valence electrons. The average molecular weight is 453 g/mol. The van der Waals surface area contributed by atoms with Gasteiger partial charge in [-0.2, -0.15) is 0 Å². The van der Waals surface area contributed by atoms with Gasteiger partial charge in [0, 0.05) is 11.5 Å². The van der Waals surface area contributed by atoms with Gasteiger partial charge in [-0.25, -0.2) is 0 Å². The van der Waals surface area contributed by atoms with Crippen molar-refractivity contribution in [3.63, 3.8) is 0 Å². The van der Waals surface area contributed by atoms with Crippen LogP contribution in [0.4, 0.5) is 11.4 Å². The maximum Gasteiger partial charge on any atom is 0.321 e. The largest absolute Gasteiger partial charge is 0.361 e. The van der Waals surface area contributed by atoms with Crippen molar-refractivity contribution in [1.29, 1.82) is 0 Å². The van der Waals surface area contributed by atoms with Crippen LogP contribution in [0.1, 0.15) is 20.7 Å². The van der Waals surface area contributed by atoms with E-state index in [1.807, 2.05) is 30.3 Å². The number of amides is 2. The van der Waals surface area contributed by atoms with Gasteiger partial charge in [0.15, 0.2) is 0 Å². The van der Waals surface area contributed by atoms with Crippen LogP contribution in [0.2, 0.25) is 0 Å². The molecule has 0 spiro atoms. The van der Waals surface area contributed by atoms with E-state index in [0.29, 0.717) is 16.5 Å². The van der Waals surface area contributed by atoms with Crippen LogP contribution < -0.4 is 4.84 Å². The van der Waals surface area contributed by atoms with Gasteiger partial charge in [0.05, 0.1) is 27.0 Å². The van der Waals surface area contributed by atoms with E-state index < -0.39 is 38.8 Å². The van der Waals surface area contributed by atoms with Gasteiger partial charge in [-0.15, -0.1) is 0 Å². The summed E-state index contributed by atoms with van der Waals surface area (Å²) in [6, 6.07) is 17.3. The quantitative estimate of drug-likeness (QED) is 0.162. The molecule has 0 aromatic heterocycles. The van der Waals surface area contributed by atoms with Crippen molar-refractivity contribution in [3.05, 3.63) is 98.1 Å². The Labute approximate surface area is 189 Å². The molecule has 0 N–H and O–H groups in total. The summed E-state index contributed by atoms with van der Waals surface area (Å²) in [5, 5.41) is 27.8. The number of hydrogen-bond donors (Lipinski definition) is 0. The lowest BCUT2D eigenvalue weighted by Crippen LogP contribution is -2.42. The van der Waals surface area contributed by atoms with Crippen LogP contribution in [-0.2, 0) is 0 Å². The number of non-ortho nitro benzene ring substituents is 1. The molecule has 0 saturated heterocycles. The summed E-state index contributed by atoms with van der Waals surface area (Å²) in [7, 11) is 0. The van der Waals surface area contributed by atoms with Crippen LogP contribution in [0, 0.1) is 20.2 Å². The number of carbonyl (C=O) groups is 2. The summed E-state index contributed by atoms with van der Waals surface area (Å²) in [5.74, 6) is -2.05. The van der Waals surface area contributed by atoms with E-state index in [1.165, 1.54) is 0 Å². The zero-order valence-corrected chi connectivity index (χ0v) is 17.1. The fourth-order valence-corrected chi connectivity index (χ4v) is 4.53. The Morgan fingerprint density at radius 2 is 1.35 bits per heavy atom. The second kappa shape index (κ2) is 6.69. The van der Waals surface area contributed by atoms with Crippen LogP contribution in [0.3, 0.4) is 0 Å². The summed E-state index contributed by atoms with van der Waals surface area (Å²) < 4.78 is 0. The zero-order chi connectivity index (χ0) is 23.7. The van der Waals surface area contributed by atoms with Crippen molar-refractivity contribution in [1.82, 2.24) is 5.06 Å². The van der Waals surface area contributed by atoms with E-state index in [0.717, 1.165) is 39.1 Å². The molecule has 0 aliphatic carbocycles. The summed E-state index contributed by atoms with van der Waals surface area (Å²) >= 11 is 0. The topological polar surface area (TPSA) is 133 Å². The molecule has 10 nitrogen and oxygen atoms in total. The van der Waals surface area contributed by atoms with Gasteiger partial charge in [0.2, 0.25) is 5.75 Å². The molecule has 5 aromatic rings. The van der Waals surface area contributed by atoms with Gasteiger partial charge in [-0.1, -0.05) is 41.5 Å². The van der Waals surface area contributed by atoms with E-state index in [4.69, 9.17) is 4.84 Å². The first-order valence-electron chi connectivity index (χ1n) is 10.1. The molecule has 1 aliphatic rings. The predicted molar refractivity (Wildman–Crippen MR) is 121 cm³/mol. The molecule has 0 saturated carbocycles. The van der Waals surface area contributed by atoms with Gasteiger partial charge < -0.3 is 4.84 Å². The highest BCUT2D eigenvalue weighted by Gasteiger charge is 2.37. The SMILES string of the molecule is O=C1c2ccc3ccc4cccc5cc(c2c3c45)C(=O)N1Oc1ccc([N+](=O)[O-])cc1[N+](=O)[O-]. The van der Waals surface area contributed by atoms with Crippen molar-refractivity contribution < 1.29 is 24.3 Å². The summed E-state index contributed by atoms with van der Waals surface area (Å²) in [6.45, 7) is 0. The molecule has 0 radical (unpaired) electrons. The van der Waals surface area contributed by atoms with E-state index in [-0.39, 0.29) is 11.1 Å². The second-order valence-corrected chi connectivity index (χ2v) is 7.82. The predicted octanol–water partition coefficient (Wildman–Crippen LogP) is 4.99. The number of rotatable bonds is 4. The molecule has 10 heteroatoms. The van der Waals surface area contributed by atoms with E-state index in [9.17, 15) is 29.8 Å². The molecular formula is C24H11N3O7. The molecule has 0 unspecified atom stereocenters.